The summed E-state index contributed by atoms with van der Waals surface area (Å²) in [4.78, 5) is 13.2. The third-order valence-electron chi connectivity index (χ3n) is 1.25. The second-order valence-electron chi connectivity index (χ2n) is 2.10. The number of aliphatic imine (C=N–C) groups is 1. The van der Waals surface area contributed by atoms with E-state index in [4.69, 9.17) is 8.85 Å². The molecule has 0 atom stereocenters. The maximum absolute atomic E-state index is 9.74. The van der Waals surface area contributed by atoms with Gasteiger partial charge in [0.25, 0.3) is 0 Å². The molecule has 0 aromatic heterocycles. The molecule has 0 radical (unpaired) electrons. The van der Waals surface area contributed by atoms with Gasteiger partial charge < -0.3 is 8.85 Å². The molecule has 0 amide bonds. The highest BCUT2D eigenvalue weighted by Crippen LogP contribution is 1.97. The minimum atomic E-state index is -1.54. The molecule has 0 heterocycles. The van der Waals surface area contributed by atoms with Gasteiger partial charge in [-0.05, 0) is 13.8 Å². The second kappa shape index (κ2) is 8.61. The lowest BCUT2D eigenvalue weighted by Crippen LogP contribution is -2.23. The molecular formula is C7H15NO3Si. The predicted molar refractivity (Wildman–Crippen MR) is 48.2 cm³/mol. The first-order valence-electron chi connectivity index (χ1n) is 4.12. The predicted octanol–water partition coefficient (Wildman–Crippen LogP) is 0.616. The van der Waals surface area contributed by atoms with Crippen LogP contribution in [0.25, 0.3) is 0 Å². The van der Waals surface area contributed by atoms with Gasteiger partial charge in [-0.25, -0.2) is 9.79 Å². The fourth-order valence-electron chi connectivity index (χ4n) is 0.802. The molecule has 70 valence electrons. The molecule has 4 nitrogen and oxygen atoms in total. The van der Waals surface area contributed by atoms with Crippen LogP contribution in [0.4, 0.5) is 0 Å². The highest BCUT2D eigenvalue weighted by molar-refractivity contribution is 6.44. The highest BCUT2D eigenvalue weighted by Gasteiger charge is 2.10. The normalized spacial score (nSPS) is 9.92. The van der Waals surface area contributed by atoms with Crippen molar-refractivity contribution in [2.24, 2.45) is 4.99 Å². The van der Waals surface area contributed by atoms with E-state index >= 15 is 0 Å². The Morgan fingerprint density at radius 2 is 1.92 bits per heavy atom. The Hall–Kier alpha value is -0.483. The van der Waals surface area contributed by atoms with E-state index < -0.39 is 9.28 Å². The topological polar surface area (TPSA) is 47.9 Å². The third-order valence-corrected chi connectivity index (χ3v) is 3.39. The van der Waals surface area contributed by atoms with E-state index in [0.717, 1.165) is 6.04 Å². The summed E-state index contributed by atoms with van der Waals surface area (Å²) < 4.78 is 10.7. The molecule has 0 unspecified atom stereocenters. The Morgan fingerprint density at radius 1 is 1.33 bits per heavy atom. The first-order chi connectivity index (χ1) is 5.85. The van der Waals surface area contributed by atoms with Crippen LogP contribution in [-0.2, 0) is 13.6 Å². The summed E-state index contributed by atoms with van der Waals surface area (Å²) in [7, 11) is -1.54. The summed E-state index contributed by atoms with van der Waals surface area (Å²) in [6.45, 7) is 5.67. The van der Waals surface area contributed by atoms with E-state index in [0.29, 0.717) is 19.8 Å². The number of hydrogen-bond acceptors (Lipinski definition) is 4. The van der Waals surface area contributed by atoms with Crippen molar-refractivity contribution >= 4 is 15.4 Å². The summed E-state index contributed by atoms with van der Waals surface area (Å²) in [5, 5.41) is 0. The van der Waals surface area contributed by atoms with Crippen molar-refractivity contribution in [2.75, 3.05) is 19.8 Å². The van der Waals surface area contributed by atoms with Crippen molar-refractivity contribution < 1.29 is 13.6 Å². The average molecular weight is 189 g/mol. The molecule has 0 aliphatic rings. The van der Waals surface area contributed by atoms with Crippen LogP contribution in [0.2, 0.25) is 6.04 Å². The third kappa shape index (κ3) is 6.24. The summed E-state index contributed by atoms with van der Waals surface area (Å²) in [5.41, 5.74) is 0. The lowest BCUT2D eigenvalue weighted by atomic mass is 10.8. The van der Waals surface area contributed by atoms with Crippen molar-refractivity contribution in [3.63, 3.8) is 0 Å². The van der Waals surface area contributed by atoms with Crippen LogP contribution in [0.3, 0.4) is 0 Å². The molecule has 0 spiro atoms. The quantitative estimate of drug-likeness (QED) is 0.335. The van der Waals surface area contributed by atoms with Crippen molar-refractivity contribution in [3.8, 4) is 0 Å². The van der Waals surface area contributed by atoms with Gasteiger partial charge in [0.15, 0.2) is 0 Å². The lowest BCUT2D eigenvalue weighted by Gasteiger charge is -2.12. The van der Waals surface area contributed by atoms with Crippen molar-refractivity contribution in [3.05, 3.63) is 0 Å². The van der Waals surface area contributed by atoms with Crippen LogP contribution < -0.4 is 0 Å². The minimum absolute atomic E-state index is 0.473. The molecule has 0 aromatic carbocycles. The van der Waals surface area contributed by atoms with E-state index in [1.807, 2.05) is 13.8 Å². The van der Waals surface area contributed by atoms with Gasteiger partial charge in [0.2, 0.25) is 6.08 Å². The molecule has 0 bridgehead atoms. The largest absolute Gasteiger partial charge is 0.397 e. The van der Waals surface area contributed by atoms with E-state index in [2.05, 4.69) is 4.99 Å². The fourth-order valence-corrected chi connectivity index (χ4v) is 2.32. The molecule has 5 heteroatoms. The molecule has 0 aromatic rings. The molecule has 0 aliphatic heterocycles. The van der Waals surface area contributed by atoms with Gasteiger partial charge in [0.1, 0.15) is 0 Å². The number of nitrogens with zero attached hydrogens (tertiary/aromatic N) is 1. The Balaban J connectivity index is 3.54. The van der Waals surface area contributed by atoms with Crippen LogP contribution in [0, 0.1) is 0 Å². The molecule has 0 N–H and O–H groups in total. The Bertz CT molecular complexity index is 142. The van der Waals surface area contributed by atoms with Gasteiger partial charge in [-0.15, -0.1) is 0 Å². The molecule has 0 saturated heterocycles. The first kappa shape index (κ1) is 11.5. The van der Waals surface area contributed by atoms with Crippen molar-refractivity contribution in [2.45, 2.75) is 19.9 Å². The average Bonchev–Trinajstić information content (AvgIpc) is 2.06. The zero-order valence-corrected chi connectivity index (χ0v) is 8.73. The van der Waals surface area contributed by atoms with Gasteiger partial charge in [-0.1, -0.05) is 0 Å². The van der Waals surface area contributed by atoms with Gasteiger partial charge in [-0.2, -0.15) is 0 Å². The van der Waals surface area contributed by atoms with E-state index in [-0.39, 0.29) is 0 Å². The SMILES string of the molecule is CCO[SiH](CCN=C=O)OCC. The van der Waals surface area contributed by atoms with E-state index in [9.17, 15) is 4.79 Å². The number of carbonyl (C=O) groups excluding carboxylic acids is 1. The molecule has 12 heavy (non-hydrogen) atoms. The Labute approximate surface area is 74.4 Å². The maximum atomic E-state index is 9.74. The summed E-state index contributed by atoms with van der Waals surface area (Å²) >= 11 is 0. The highest BCUT2D eigenvalue weighted by atomic mass is 28.3. The smallest absolute Gasteiger partial charge is 0.323 e. The molecule has 0 saturated carbocycles. The van der Waals surface area contributed by atoms with Crippen molar-refractivity contribution in [1.29, 1.82) is 0 Å². The lowest BCUT2D eigenvalue weighted by molar-refractivity contribution is 0.214. The summed E-state index contributed by atoms with van der Waals surface area (Å²) in [5.74, 6) is 0. The van der Waals surface area contributed by atoms with Gasteiger partial charge >= 0.3 is 9.28 Å². The summed E-state index contributed by atoms with van der Waals surface area (Å²) in [6.07, 6.45) is 1.49. The first-order valence-corrected chi connectivity index (χ1v) is 5.87. The molecular weight excluding hydrogens is 174 g/mol. The molecule has 0 rings (SSSR count). The van der Waals surface area contributed by atoms with Crippen LogP contribution in [-0.4, -0.2) is 35.1 Å². The van der Waals surface area contributed by atoms with Crippen LogP contribution in [0.1, 0.15) is 13.8 Å². The number of rotatable bonds is 7. The van der Waals surface area contributed by atoms with E-state index in [1.54, 1.807) is 0 Å². The maximum Gasteiger partial charge on any atom is 0.323 e. The zero-order valence-electron chi connectivity index (χ0n) is 7.58. The standard InChI is InChI=1S/C7H15NO3Si/c1-3-10-12(11-4-2)6-5-8-7-9/h12H,3-6H2,1-2H3. The Kier molecular flexibility index (Phi) is 8.27. The number of hydrogen-bond donors (Lipinski definition) is 0. The van der Waals surface area contributed by atoms with Crippen LogP contribution in [0.5, 0.6) is 0 Å². The van der Waals surface area contributed by atoms with Gasteiger partial charge in [0.05, 0.1) is 6.54 Å². The van der Waals surface area contributed by atoms with E-state index in [1.165, 1.54) is 6.08 Å². The van der Waals surface area contributed by atoms with Crippen LogP contribution >= 0.6 is 0 Å². The monoisotopic (exact) mass is 189 g/mol. The Morgan fingerprint density at radius 3 is 2.33 bits per heavy atom. The molecule has 0 aliphatic carbocycles. The second-order valence-corrected chi connectivity index (χ2v) is 4.21. The van der Waals surface area contributed by atoms with Gasteiger partial charge in [0, 0.05) is 19.3 Å². The van der Waals surface area contributed by atoms with Crippen molar-refractivity contribution in [1.82, 2.24) is 0 Å². The number of isocyanates is 1. The molecule has 0 fully saturated rings. The summed E-state index contributed by atoms with van der Waals surface area (Å²) in [6, 6.07) is 0.747. The minimum Gasteiger partial charge on any atom is -0.397 e. The van der Waals surface area contributed by atoms with Crippen LogP contribution in [0.15, 0.2) is 4.99 Å². The van der Waals surface area contributed by atoms with Gasteiger partial charge in [-0.3, -0.25) is 0 Å². The fraction of sp³-hybridized carbons (Fsp3) is 0.857. The zero-order chi connectivity index (χ0) is 9.23.